The fourth-order valence-electron chi connectivity index (χ4n) is 8.44. The number of β-amino-alcohol motifs (C(OH)–C–C–N with tert-alkyl or cyclic N) is 2. The van der Waals surface area contributed by atoms with Gasteiger partial charge in [0.1, 0.15) is 56.5 Å². The summed E-state index contributed by atoms with van der Waals surface area (Å²) in [7, 11) is 3.73. The molecule has 4 atom stereocenters. The molecule has 6 N–H and O–H groups in total. The predicted molar refractivity (Wildman–Crippen MR) is 233 cm³/mol. The van der Waals surface area contributed by atoms with E-state index in [1.54, 1.807) is 6.08 Å². The first-order valence-electron chi connectivity index (χ1n) is 20.4. The number of rotatable bonds is 6. The molecule has 2 saturated heterocycles. The van der Waals surface area contributed by atoms with Crippen LogP contribution in [-0.2, 0) is 0 Å². The molecule has 0 radical (unpaired) electrons. The van der Waals surface area contributed by atoms with Gasteiger partial charge in [-0.3, -0.25) is 9.59 Å². The van der Waals surface area contributed by atoms with Gasteiger partial charge in [0, 0.05) is 65.9 Å². The standard InChI is InChI=1S/C24H21F4NO5.C24H25NO5/c1-10-20(25)22(27)13(23(28)21(10)26)4-3-11-7-14(30)19-16(32)8-15(31)18(24(19)34-11)12-5-6-29(2)9-17(12)33;1-14-4-3-5-15(10-14)6-7-16-11-18(26)23-20(28)12-19(27)22(24(23)30-16)17-8-9-25(2)13-21(17)29/h3-4,7-8,12,17,31-33H,5-6,9H2,1-2H3;3-7,10-12,17,21,27-29H,8-9,13H2,1-2H3/b4-3+;7-6+. The first-order chi connectivity index (χ1) is 30.3. The summed E-state index contributed by atoms with van der Waals surface area (Å²) in [6.45, 7) is 4.95. The number of aryl methyl sites for hydroxylation is 1. The van der Waals surface area contributed by atoms with E-state index in [1.165, 1.54) is 6.07 Å². The van der Waals surface area contributed by atoms with Gasteiger partial charge in [0.25, 0.3) is 0 Å². The highest BCUT2D eigenvalue weighted by Gasteiger charge is 2.34. The number of likely N-dealkylation sites (tertiary alicyclic amines) is 2. The number of nitrogens with zero attached hydrogens (tertiary/aromatic N) is 2. The van der Waals surface area contributed by atoms with Crippen LogP contribution < -0.4 is 10.9 Å². The molecule has 2 aliphatic heterocycles. The average Bonchev–Trinajstić information content (AvgIpc) is 3.22. The summed E-state index contributed by atoms with van der Waals surface area (Å²) in [6, 6.07) is 12.3. The molecule has 16 heteroatoms. The van der Waals surface area contributed by atoms with E-state index in [4.69, 9.17) is 8.83 Å². The number of benzene rings is 4. The van der Waals surface area contributed by atoms with Gasteiger partial charge in [-0.2, -0.15) is 0 Å². The summed E-state index contributed by atoms with van der Waals surface area (Å²) in [5.41, 5.74) is -0.488. The van der Waals surface area contributed by atoms with Gasteiger partial charge in [0.15, 0.2) is 34.1 Å². The third-order valence-corrected chi connectivity index (χ3v) is 11.8. The van der Waals surface area contributed by atoms with Gasteiger partial charge in [-0.15, -0.1) is 0 Å². The second kappa shape index (κ2) is 18.3. The topological polar surface area (TPSA) is 188 Å². The van der Waals surface area contributed by atoms with Crippen LogP contribution in [0.3, 0.4) is 0 Å². The van der Waals surface area contributed by atoms with E-state index in [0.717, 1.165) is 48.9 Å². The van der Waals surface area contributed by atoms with Crippen molar-refractivity contribution in [1.29, 1.82) is 0 Å². The fraction of sp³-hybridized carbons (Fsp3) is 0.292. The van der Waals surface area contributed by atoms with Gasteiger partial charge in [0.2, 0.25) is 0 Å². The number of phenolic OH excluding ortho intramolecular Hbond substituents is 4. The van der Waals surface area contributed by atoms with Crippen molar-refractivity contribution in [3.63, 3.8) is 0 Å². The molecule has 6 aromatic rings. The maximum Gasteiger partial charge on any atom is 0.197 e. The van der Waals surface area contributed by atoms with Crippen molar-refractivity contribution in [2.45, 2.75) is 50.7 Å². The molecule has 2 aliphatic rings. The molecule has 0 aliphatic carbocycles. The molecule has 0 amide bonds. The van der Waals surface area contributed by atoms with E-state index in [2.05, 4.69) is 0 Å². The molecule has 4 unspecified atom stereocenters. The van der Waals surface area contributed by atoms with E-state index >= 15 is 0 Å². The number of aliphatic hydroxyl groups is 2. The normalized spacial score (nSPS) is 19.8. The third-order valence-electron chi connectivity index (χ3n) is 11.8. The van der Waals surface area contributed by atoms with Gasteiger partial charge in [-0.1, -0.05) is 35.9 Å². The third kappa shape index (κ3) is 8.99. The van der Waals surface area contributed by atoms with Crippen LogP contribution in [0.2, 0.25) is 0 Å². The van der Waals surface area contributed by atoms with Crippen LogP contribution in [0, 0.1) is 37.1 Å². The van der Waals surface area contributed by atoms with E-state index in [1.807, 2.05) is 61.2 Å². The van der Waals surface area contributed by atoms with Gasteiger partial charge in [-0.05, 0) is 77.7 Å². The SMILES string of the molecule is Cc1c(F)c(F)c(/C=C/c2cc(=O)c3c(O)cc(O)c(C4CCN(C)CC4O)c3o2)c(F)c1F.Cc1cccc(/C=C/c2cc(=O)c3c(O)cc(O)c(C4CCN(C)CC4O)c3o2)c1. The zero-order valence-electron chi connectivity index (χ0n) is 35.2. The minimum absolute atomic E-state index is 0.0154. The lowest BCUT2D eigenvalue weighted by Gasteiger charge is -2.34. The zero-order valence-corrected chi connectivity index (χ0v) is 35.2. The van der Waals surface area contributed by atoms with Crippen LogP contribution in [0.1, 0.15) is 69.6 Å². The van der Waals surface area contributed by atoms with Crippen LogP contribution in [0.25, 0.3) is 46.2 Å². The lowest BCUT2D eigenvalue weighted by atomic mass is 9.85. The Morgan fingerprint density at radius 3 is 1.50 bits per heavy atom. The number of aliphatic hydroxyl groups excluding tert-OH is 2. The Kier molecular flexibility index (Phi) is 13.0. The van der Waals surface area contributed by atoms with Crippen molar-refractivity contribution >= 4 is 46.2 Å². The van der Waals surface area contributed by atoms with Gasteiger partial charge >= 0.3 is 0 Å². The molecule has 2 fully saturated rings. The maximum absolute atomic E-state index is 14.2. The number of phenols is 4. The summed E-state index contributed by atoms with van der Waals surface area (Å²) in [4.78, 5) is 29.4. The second-order valence-corrected chi connectivity index (χ2v) is 16.4. The minimum Gasteiger partial charge on any atom is -0.507 e. The molecule has 8 rings (SSSR count). The van der Waals surface area contributed by atoms with Crippen LogP contribution in [0.5, 0.6) is 23.0 Å². The lowest BCUT2D eigenvalue weighted by molar-refractivity contribution is 0.0629. The Balaban J connectivity index is 0.000000193. The Bertz CT molecular complexity index is 2940. The highest BCUT2D eigenvalue weighted by atomic mass is 19.2. The lowest BCUT2D eigenvalue weighted by Crippen LogP contribution is -2.40. The summed E-state index contributed by atoms with van der Waals surface area (Å²) >= 11 is 0. The Morgan fingerprint density at radius 1 is 0.609 bits per heavy atom. The van der Waals surface area contributed by atoms with E-state index in [0.29, 0.717) is 49.9 Å². The summed E-state index contributed by atoms with van der Waals surface area (Å²) in [5, 5.41) is 62.6. The quantitative estimate of drug-likeness (QED) is 0.0716. The van der Waals surface area contributed by atoms with Crippen LogP contribution in [0.15, 0.2) is 67.0 Å². The molecular formula is C48H46F4N2O10. The molecule has 2 aromatic heterocycles. The highest BCUT2D eigenvalue weighted by molar-refractivity contribution is 5.90. The van der Waals surface area contributed by atoms with Crippen LogP contribution in [0.4, 0.5) is 17.6 Å². The van der Waals surface area contributed by atoms with Crippen molar-refractivity contribution in [2.24, 2.45) is 0 Å². The van der Waals surface area contributed by atoms with Gasteiger partial charge in [0.05, 0.1) is 17.8 Å². The molecular weight excluding hydrogens is 841 g/mol. The van der Waals surface area contributed by atoms with E-state index in [-0.39, 0.29) is 44.8 Å². The number of hydrogen-bond donors (Lipinski definition) is 6. The molecule has 4 aromatic carbocycles. The van der Waals surface area contributed by atoms with Crippen molar-refractivity contribution in [2.75, 3.05) is 40.3 Å². The number of halogens is 4. The summed E-state index contributed by atoms with van der Waals surface area (Å²) in [5.74, 6) is -8.77. The molecule has 0 spiro atoms. The van der Waals surface area contributed by atoms with Crippen LogP contribution in [-0.4, -0.2) is 92.9 Å². The van der Waals surface area contributed by atoms with Crippen molar-refractivity contribution < 1.29 is 57.0 Å². The van der Waals surface area contributed by atoms with E-state index in [9.17, 15) is 57.8 Å². The summed E-state index contributed by atoms with van der Waals surface area (Å²) < 4.78 is 67.8. The Morgan fingerprint density at radius 2 is 1.06 bits per heavy atom. The largest absolute Gasteiger partial charge is 0.507 e. The number of aromatic hydroxyl groups is 4. The first-order valence-corrected chi connectivity index (χ1v) is 20.4. The van der Waals surface area contributed by atoms with Gasteiger partial charge < -0.3 is 49.3 Å². The summed E-state index contributed by atoms with van der Waals surface area (Å²) in [6.07, 6.45) is 4.54. The van der Waals surface area contributed by atoms with Crippen molar-refractivity contribution in [3.05, 3.63) is 137 Å². The first kappa shape index (κ1) is 45.6. The predicted octanol–water partition coefficient (Wildman–Crippen LogP) is 7.48. The van der Waals surface area contributed by atoms with Crippen molar-refractivity contribution in [1.82, 2.24) is 9.80 Å². The monoisotopic (exact) mass is 886 g/mol. The molecule has 64 heavy (non-hydrogen) atoms. The Hall–Kier alpha value is -6.46. The zero-order chi connectivity index (χ0) is 46.3. The van der Waals surface area contributed by atoms with Crippen molar-refractivity contribution in [3.8, 4) is 23.0 Å². The second-order valence-electron chi connectivity index (χ2n) is 16.4. The Labute approximate surface area is 363 Å². The van der Waals surface area contributed by atoms with Crippen LogP contribution >= 0.6 is 0 Å². The number of hydrogen-bond acceptors (Lipinski definition) is 12. The van der Waals surface area contributed by atoms with E-state index < -0.39 is 80.8 Å². The smallest absolute Gasteiger partial charge is 0.197 e. The fourth-order valence-corrected chi connectivity index (χ4v) is 8.44. The number of likely N-dealkylation sites (N-methyl/N-ethyl adjacent to an activating group) is 2. The highest BCUT2D eigenvalue weighted by Crippen LogP contribution is 2.43. The molecule has 336 valence electrons. The molecule has 0 bridgehead atoms. The molecule has 0 saturated carbocycles. The minimum atomic E-state index is -1.61. The number of piperidine rings is 2. The average molecular weight is 887 g/mol. The maximum atomic E-state index is 14.2. The number of fused-ring (bicyclic) bond motifs is 2. The molecule has 12 nitrogen and oxygen atoms in total. The molecule has 4 heterocycles. The van der Waals surface area contributed by atoms with Gasteiger partial charge in [-0.25, -0.2) is 17.6 Å².